The van der Waals surface area contributed by atoms with E-state index in [1.54, 1.807) is 0 Å². The van der Waals surface area contributed by atoms with Crippen molar-refractivity contribution in [2.45, 2.75) is 0 Å². The van der Waals surface area contributed by atoms with Crippen molar-refractivity contribution in [3.63, 3.8) is 0 Å². The van der Waals surface area contributed by atoms with E-state index in [4.69, 9.17) is 3.79 Å². The first kappa shape index (κ1) is 13.1. The average molecular weight is 282 g/mol. The van der Waals surface area contributed by atoms with Crippen molar-refractivity contribution >= 4 is 50.6 Å². The lowest BCUT2D eigenvalue weighted by atomic mass is 10.3. The van der Waals surface area contributed by atoms with Crippen molar-refractivity contribution in [2.75, 3.05) is 0 Å². The van der Waals surface area contributed by atoms with Crippen LogP contribution >= 0.6 is 34.0 Å². The van der Waals surface area contributed by atoms with Crippen LogP contribution in [0.5, 0.6) is 5.75 Å². The Kier molecular flexibility index (Phi) is 10.00. The summed E-state index contributed by atoms with van der Waals surface area (Å²) in [6, 6.07) is 9.60. The summed E-state index contributed by atoms with van der Waals surface area (Å²) in [5, 5.41) is 0. The van der Waals surface area contributed by atoms with Crippen LogP contribution in [0.2, 0.25) is 0 Å². The minimum Gasteiger partial charge on any atom is -0.654 e. The van der Waals surface area contributed by atoms with Gasteiger partial charge >= 0.3 is 16.6 Å². The molecule has 54 valence electrons. The molecule has 0 atom stereocenters. The zero-order valence-corrected chi connectivity index (χ0v) is 9.77. The van der Waals surface area contributed by atoms with Gasteiger partial charge in [-0.2, -0.15) is 0 Å². The van der Waals surface area contributed by atoms with E-state index in [0.29, 0.717) is 0 Å². The van der Waals surface area contributed by atoms with E-state index < -0.39 is 0 Å². The highest BCUT2D eigenvalue weighted by Gasteiger charge is 1.79. The molecule has 0 aliphatic rings. The Bertz CT molecular complexity index is 157. The molecule has 0 saturated carbocycles. The van der Waals surface area contributed by atoms with E-state index in [-0.39, 0.29) is 34.0 Å². The Balaban J connectivity index is 0. The lowest BCUT2D eigenvalue weighted by Gasteiger charge is -1.97. The number of hydrogen-bond donors (Lipinski definition) is 0. The predicted molar refractivity (Wildman–Crippen MR) is 53.5 cm³/mol. The molecule has 0 saturated heterocycles. The Morgan fingerprint density at radius 2 is 1.50 bits per heavy atom. The van der Waals surface area contributed by atoms with Crippen LogP contribution in [0.1, 0.15) is 0 Å². The minimum absolute atomic E-state index is 0. The van der Waals surface area contributed by atoms with Crippen LogP contribution in [0, 0.1) is 0 Å². The van der Waals surface area contributed by atoms with E-state index in [1.165, 1.54) is 0 Å². The van der Waals surface area contributed by atoms with Gasteiger partial charge in [-0.15, -0.1) is 34.0 Å². The first-order valence-corrected chi connectivity index (χ1v) is 2.82. The molecule has 2 radical (unpaired) electrons. The maximum Gasteiger partial charge on any atom is 0.482 e. The molecule has 0 spiro atoms. The molecule has 1 aromatic carbocycles. The molecule has 0 amide bonds. The van der Waals surface area contributed by atoms with Crippen molar-refractivity contribution in [2.24, 2.45) is 0 Å². The van der Waals surface area contributed by atoms with Crippen molar-refractivity contribution in [1.82, 2.24) is 0 Å². The SMILES string of the molecule is Br.Br.[Al][O]c1ccccc1. The number of halogens is 2. The van der Waals surface area contributed by atoms with Crippen LogP contribution < -0.4 is 3.79 Å². The highest BCUT2D eigenvalue weighted by molar-refractivity contribution is 8.93. The Hall–Kier alpha value is 0.512. The second-order valence-electron chi connectivity index (χ2n) is 1.43. The zero-order chi connectivity index (χ0) is 5.82. The monoisotopic (exact) mass is 280 g/mol. The molecular formula is C6H7AlBr2O. The molecule has 0 heterocycles. The second kappa shape index (κ2) is 7.62. The molecule has 1 rings (SSSR count). The molecule has 1 aromatic rings. The van der Waals surface area contributed by atoms with Gasteiger partial charge in [-0.05, 0) is 12.1 Å². The largest absolute Gasteiger partial charge is 0.654 e. The van der Waals surface area contributed by atoms with Gasteiger partial charge in [0.1, 0.15) is 0 Å². The number of para-hydroxylation sites is 1. The summed E-state index contributed by atoms with van der Waals surface area (Å²) < 4.78 is 4.83. The molecule has 0 fully saturated rings. The third-order valence-corrected chi connectivity index (χ3v) is 1.15. The van der Waals surface area contributed by atoms with Crippen LogP contribution in [0.15, 0.2) is 30.3 Å². The van der Waals surface area contributed by atoms with Gasteiger partial charge in [-0.3, -0.25) is 0 Å². The summed E-state index contributed by atoms with van der Waals surface area (Å²) in [6.07, 6.45) is 0. The van der Waals surface area contributed by atoms with Gasteiger partial charge in [-0.1, -0.05) is 18.2 Å². The van der Waals surface area contributed by atoms with Crippen molar-refractivity contribution < 1.29 is 3.79 Å². The minimum atomic E-state index is 0. The molecule has 0 aromatic heterocycles. The number of rotatable bonds is 1. The third-order valence-electron chi connectivity index (χ3n) is 0.879. The smallest absolute Gasteiger partial charge is 0.482 e. The van der Waals surface area contributed by atoms with Gasteiger partial charge in [0, 0.05) is 0 Å². The lowest BCUT2D eigenvalue weighted by Crippen LogP contribution is -1.81. The number of benzene rings is 1. The summed E-state index contributed by atoms with van der Waals surface area (Å²) in [5.41, 5.74) is 0. The van der Waals surface area contributed by atoms with Gasteiger partial charge in [0.25, 0.3) is 0 Å². The average Bonchev–Trinajstić information content (AvgIpc) is 1.90. The molecule has 1 nitrogen and oxygen atoms in total. The quantitative estimate of drug-likeness (QED) is 0.718. The molecule has 0 aliphatic carbocycles. The molecule has 4 heteroatoms. The van der Waals surface area contributed by atoms with E-state index in [0.717, 1.165) is 5.75 Å². The highest BCUT2D eigenvalue weighted by Crippen LogP contribution is 2.05. The predicted octanol–water partition coefficient (Wildman–Crippen LogP) is 2.30. The summed E-state index contributed by atoms with van der Waals surface area (Å²) in [4.78, 5) is 0. The Labute approximate surface area is 90.1 Å². The molecular weight excluding hydrogens is 275 g/mol. The zero-order valence-electron chi connectivity index (χ0n) is 5.19. The van der Waals surface area contributed by atoms with Gasteiger partial charge in [0.15, 0.2) is 0 Å². The van der Waals surface area contributed by atoms with Crippen LogP contribution in [-0.4, -0.2) is 16.6 Å². The van der Waals surface area contributed by atoms with Gasteiger partial charge in [-0.25, -0.2) is 0 Å². The van der Waals surface area contributed by atoms with Crippen LogP contribution in [-0.2, 0) is 0 Å². The van der Waals surface area contributed by atoms with E-state index >= 15 is 0 Å². The maximum atomic E-state index is 4.83. The fraction of sp³-hybridized carbons (Fsp3) is 0. The standard InChI is InChI=1S/C6H6O.Al.2BrH/c7-6-4-2-1-3-5-6;;;/h1-5,7H;;2*1H/q;+1;;/p-1. The van der Waals surface area contributed by atoms with Crippen molar-refractivity contribution in [3.8, 4) is 5.75 Å². The highest BCUT2D eigenvalue weighted by atomic mass is 79.9. The van der Waals surface area contributed by atoms with Crippen molar-refractivity contribution in [1.29, 1.82) is 0 Å². The fourth-order valence-electron chi connectivity index (χ4n) is 0.499. The normalized spacial score (nSPS) is 6.80. The lowest BCUT2D eigenvalue weighted by molar-refractivity contribution is 0.616. The first-order chi connectivity index (χ1) is 3.93. The van der Waals surface area contributed by atoms with E-state index in [9.17, 15) is 0 Å². The Morgan fingerprint density at radius 3 is 1.80 bits per heavy atom. The number of hydrogen-bond acceptors (Lipinski definition) is 1. The van der Waals surface area contributed by atoms with Crippen LogP contribution in [0.3, 0.4) is 0 Å². The van der Waals surface area contributed by atoms with Crippen LogP contribution in [0.25, 0.3) is 0 Å². The van der Waals surface area contributed by atoms with E-state index in [2.05, 4.69) is 16.6 Å². The molecule has 0 bridgehead atoms. The third kappa shape index (κ3) is 4.35. The van der Waals surface area contributed by atoms with Crippen LogP contribution in [0.4, 0.5) is 0 Å². The first-order valence-electron chi connectivity index (χ1n) is 2.35. The molecule has 10 heavy (non-hydrogen) atoms. The van der Waals surface area contributed by atoms with E-state index in [1.807, 2.05) is 30.3 Å². The Morgan fingerprint density at radius 1 is 1.00 bits per heavy atom. The van der Waals surface area contributed by atoms with Gasteiger partial charge in [0.2, 0.25) is 0 Å². The molecule has 0 unspecified atom stereocenters. The second-order valence-corrected chi connectivity index (χ2v) is 1.67. The van der Waals surface area contributed by atoms with Gasteiger partial charge in [0.05, 0.1) is 5.75 Å². The topological polar surface area (TPSA) is 9.23 Å². The maximum absolute atomic E-state index is 4.83. The van der Waals surface area contributed by atoms with Gasteiger partial charge < -0.3 is 3.79 Å². The van der Waals surface area contributed by atoms with Crippen molar-refractivity contribution in [3.05, 3.63) is 30.3 Å². The summed E-state index contributed by atoms with van der Waals surface area (Å²) in [7, 11) is 0. The summed E-state index contributed by atoms with van der Waals surface area (Å²) in [6.45, 7) is 0. The summed E-state index contributed by atoms with van der Waals surface area (Å²) in [5.74, 6) is 0.873. The summed E-state index contributed by atoms with van der Waals surface area (Å²) >= 11 is 2.19. The fourth-order valence-corrected chi connectivity index (χ4v) is 0.656. The molecule has 0 N–H and O–H groups in total. The molecule has 0 aliphatic heterocycles.